The van der Waals surface area contributed by atoms with Gasteiger partial charge in [-0.15, -0.1) is 10.2 Å². The smallest absolute Gasteiger partial charge is 0.300 e. The summed E-state index contributed by atoms with van der Waals surface area (Å²) in [6.45, 7) is 1.89. The lowest BCUT2D eigenvalue weighted by molar-refractivity contribution is -0.113. The van der Waals surface area contributed by atoms with Crippen molar-refractivity contribution in [3.05, 3.63) is 81.9 Å². The van der Waals surface area contributed by atoms with Crippen LogP contribution in [0.25, 0.3) is 11.3 Å². The van der Waals surface area contributed by atoms with Crippen molar-refractivity contribution in [3.63, 3.8) is 0 Å². The first-order chi connectivity index (χ1) is 14.0. The number of anilines is 1. The summed E-state index contributed by atoms with van der Waals surface area (Å²) >= 11 is 7.19. The van der Waals surface area contributed by atoms with Crippen LogP contribution in [-0.4, -0.2) is 30.8 Å². The minimum atomic E-state index is -0.281. The molecule has 7 nitrogen and oxygen atoms in total. The number of carbonyl (C=O) groups excluding carboxylic acids is 1. The summed E-state index contributed by atoms with van der Waals surface area (Å²) in [5.74, 6) is -0.0798. The Balaban J connectivity index is 1.52. The molecule has 1 amide bonds. The van der Waals surface area contributed by atoms with E-state index in [1.165, 1.54) is 16.3 Å². The van der Waals surface area contributed by atoms with Crippen LogP contribution in [0.15, 0.2) is 70.9 Å². The number of nitrogens with one attached hydrogen (secondary N) is 1. The molecule has 146 valence electrons. The lowest BCUT2D eigenvalue weighted by Gasteiger charge is -2.08. The number of rotatable bonds is 5. The number of thioether (sulfide) groups is 1. The molecule has 2 aromatic carbocycles. The number of benzene rings is 2. The van der Waals surface area contributed by atoms with Gasteiger partial charge in [0.15, 0.2) is 5.16 Å². The minimum absolute atomic E-state index is 0.120. The van der Waals surface area contributed by atoms with Gasteiger partial charge in [0, 0.05) is 28.8 Å². The van der Waals surface area contributed by atoms with Gasteiger partial charge in [0.2, 0.25) is 11.6 Å². The lowest BCUT2D eigenvalue weighted by atomic mass is 10.2. The van der Waals surface area contributed by atoms with Crippen LogP contribution in [0.3, 0.4) is 0 Å². The molecule has 0 bridgehead atoms. The highest BCUT2D eigenvalue weighted by atomic mass is 35.5. The fourth-order valence-electron chi connectivity index (χ4n) is 2.80. The first-order valence-electron chi connectivity index (χ1n) is 8.73. The third kappa shape index (κ3) is 4.03. The van der Waals surface area contributed by atoms with E-state index in [1.807, 2.05) is 43.3 Å². The van der Waals surface area contributed by atoms with Crippen LogP contribution in [-0.2, 0) is 4.79 Å². The third-order valence-electron chi connectivity index (χ3n) is 4.28. The average molecular weight is 426 g/mol. The molecule has 0 unspecified atom stereocenters. The number of halogens is 1. The standard InChI is InChI=1S/C20H16ClN5O2S/c1-13-7-8-14(21)11-16(13)22-17(27)12-29-20-24-23-18-19(28)25(9-10-26(18)20)15-5-3-2-4-6-15/h2-11H,12H2,1H3,(H,22,27). The molecule has 1 N–H and O–H groups in total. The molecule has 2 heterocycles. The Hall–Kier alpha value is -3.10. The van der Waals surface area contributed by atoms with E-state index in [2.05, 4.69) is 15.5 Å². The zero-order chi connectivity index (χ0) is 20.4. The van der Waals surface area contributed by atoms with E-state index in [4.69, 9.17) is 11.6 Å². The fraction of sp³-hybridized carbons (Fsp3) is 0.100. The maximum atomic E-state index is 12.7. The molecular formula is C20H16ClN5O2S. The maximum absolute atomic E-state index is 12.7. The van der Waals surface area contributed by atoms with Gasteiger partial charge < -0.3 is 5.32 Å². The molecule has 0 aliphatic heterocycles. The third-order valence-corrected chi connectivity index (χ3v) is 5.46. The van der Waals surface area contributed by atoms with Crippen LogP contribution in [0, 0.1) is 6.92 Å². The van der Waals surface area contributed by atoms with Gasteiger partial charge in [0.05, 0.1) is 5.75 Å². The number of fused-ring (bicyclic) bond motifs is 1. The second kappa shape index (κ2) is 8.10. The summed E-state index contributed by atoms with van der Waals surface area (Å²) in [4.78, 5) is 25.0. The molecule has 0 fully saturated rings. The molecule has 0 spiro atoms. The Morgan fingerprint density at radius 1 is 1.14 bits per heavy atom. The van der Waals surface area contributed by atoms with Crippen molar-refractivity contribution in [2.75, 3.05) is 11.1 Å². The number of hydrogen-bond donors (Lipinski definition) is 1. The highest BCUT2D eigenvalue weighted by Crippen LogP contribution is 2.21. The predicted octanol–water partition coefficient (Wildman–Crippen LogP) is 3.57. The van der Waals surface area contributed by atoms with Crippen molar-refractivity contribution < 1.29 is 4.79 Å². The van der Waals surface area contributed by atoms with Crippen molar-refractivity contribution in [3.8, 4) is 5.69 Å². The zero-order valence-electron chi connectivity index (χ0n) is 15.4. The van der Waals surface area contributed by atoms with E-state index in [0.29, 0.717) is 15.9 Å². The number of carbonyl (C=O) groups is 1. The molecule has 0 atom stereocenters. The molecule has 0 aliphatic rings. The number of para-hydroxylation sites is 1. The van der Waals surface area contributed by atoms with Crippen LogP contribution >= 0.6 is 23.4 Å². The lowest BCUT2D eigenvalue weighted by Crippen LogP contribution is -2.20. The van der Waals surface area contributed by atoms with Crippen molar-refractivity contribution in [2.24, 2.45) is 0 Å². The molecule has 0 saturated heterocycles. The van der Waals surface area contributed by atoms with E-state index >= 15 is 0 Å². The molecule has 0 saturated carbocycles. The van der Waals surface area contributed by atoms with Gasteiger partial charge in [-0.2, -0.15) is 0 Å². The molecule has 4 aromatic rings. The van der Waals surface area contributed by atoms with Crippen molar-refractivity contribution in [1.29, 1.82) is 0 Å². The SMILES string of the molecule is Cc1ccc(Cl)cc1NC(=O)CSc1nnc2c(=O)n(-c3ccccc3)ccn12. The van der Waals surface area contributed by atoms with Gasteiger partial charge in [-0.25, -0.2) is 0 Å². The Kier molecular flexibility index (Phi) is 5.37. The first kappa shape index (κ1) is 19.2. The summed E-state index contributed by atoms with van der Waals surface area (Å²) in [5, 5.41) is 11.9. The Morgan fingerprint density at radius 2 is 1.93 bits per heavy atom. The number of nitrogens with zero attached hydrogens (tertiary/aromatic N) is 4. The van der Waals surface area contributed by atoms with E-state index in [0.717, 1.165) is 11.3 Å². The summed E-state index contributed by atoms with van der Waals surface area (Å²) in [5.41, 5.74) is 2.25. The second-order valence-electron chi connectivity index (χ2n) is 6.28. The number of amides is 1. The molecule has 29 heavy (non-hydrogen) atoms. The highest BCUT2D eigenvalue weighted by Gasteiger charge is 2.14. The summed E-state index contributed by atoms with van der Waals surface area (Å²) in [7, 11) is 0. The van der Waals surface area contributed by atoms with Crippen molar-refractivity contribution in [1.82, 2.24) is 19.2 Å². The second-order valence-corrected chi connectivity index (χ2v) is 7.66. The quantitative estimate of drug-likeness (QED) is 0.494. The number of aromatic nitrogens is 4. The highest BCUT2D eigenvalue weighted by molar-refractivity contribution is 7.99. The van der Waals surface area contributed by atoms with Crippen LogP contribution < -0.4 is 10.9 Å². The molecule has 9 heteroatoms. The van der Waals surface area contributed by atoms with Gasteiger partial charge in [-0.3, -0.25) is 18.6 Å². The molecular weight excluding hydrogens is 410 g/mol. The molecule has 0 aliphatic carbocycles. The minimum Gasteiger partial charge on any atom is -0.325 e. The van der Waals surface area contributed by atoms with E-state index in [1.54, 1.807) is 28.9 Å². The summed E-state index contributed by atoms with van der Waals surface area (Å²) in [6, 6.07) is 14.6. The van der Waals surface area contributed by atoms with E-state index in [-0.39, 0.29) is 22.9 Å². The zero-order valence-corrected chi connectivity index (χ0v) is 16.9. The Morgan fingerprint density at radius 3 is 2.72 bits per heavy atom. The monoisotopic (exact) mass is 425 g/mol. The Bertz CT molecular complexity index is 1250. The largest absolute Gasteiger partial charge is 0.325 e. The number of aryl methyl sites for hydroxylation is 1. The topological polar surface area (TPSA) is 81.3 Å². The van der Waals surface area contributed by atoms with Crippen molar-refractivity contribution in [2.45, 2.75) is 12.1 Å². The fourth-order valence-corrected chi connectivity index (χ4v) is 3.69. The molecule has 4 rings (SSSR count). The van der Waals surface area contributed by atoms with Crippen LogP contribution in [0.5, 0.6) is 0 Å². The molecule has 0 radical (unpaired) electrons. The first-order valence-corrected chi connectivity index (χ1v) is 10.1. The van der Waals surface area contributed by atoms with E-state index < -0.39 is 0 Å². The Labute approximate surface area is 175 Å². The van der Waals surface area contributed by atoms with Crippen LogP contribution in [0.2, 0.25) is 5.02 Å². The van der Waals surface area contributed by atoms with Gasteiger partial charge >= 0.3 is 5.56 Å². The van der Waals surface area contributed by atoms with Gasteiger partial charge in [-0.05, 0) is 36.8 Å². The normalized spacial score (nSPS) is 11.0. The summed E-state index contributed by atoms with van der Waals surface area (Å²) in [6.07, 6.45) is 3.37. The maximum Gasteiger partial charge on any atom is 0.300 e. The van der Waals surface area contributed by atoms with Crippen molar-refractivity contribution >= 4 is 40.6 Å². The summed E-state index contributed by atoms with van der Waals surface area (Å²) < 4.78 is 3.09. The van der Waals surface area contributed by atoms with Gasteiger partial charge in [0.1, 0.15) is 0 Å². The van der Waals surface area contributed by atoms with Crippen LogP contribution in [0.4, 0.5) is 5.69 Å². The average Bonchev–Trinajstić information content (AvgIpc) is 3.14. The van der Waals surface area contributed by atoms with E-state index in [9.17, 15) is 9.59 Å². The van der Waals surface area contributed by atoms with Crippen LogP contribution in [0.1, 0.15) is 5.56 Å². The van der Waals surface area contributed by atoms with Gasteiger partial charge in [0.25, 0.3) is 0 Å². The predicted molar refractivity (Wildman–Crippen MR) is 114 cm³/mol. The molecule has 2 aromatic heterocycles. The number of hydrogen-bond acceptors (Lipinski definition) is 5. The van der Waals surface area contributed by atoms with Gasteiger partial charge in [-0.1, -0.05) is 47.6 Å².